The molecule has 0 unspecified atom stereocenters. The number of hydrogen-bond donors (Lipinski definition) is 2. The summed E-state index contributed by atoms with van der Waals surface area (Å²) in [5.41, 5.74) is 1.65. The molecular weight excluding hydrogens is 402 g/mol. The lowest BCUT2D eigenvalue weighted by Gasteiger charge is -2.11. The van der Waals surface area contributed by atoms with Crippen molar-refractivity contribution in [1.82, 2.24) is 24.8 Å². The van der Waals surface area contributed by atoms with Gasteiger partial charge in [-0.05, 0) is 36.8 Å². The Morgan fingerprint density at radius 3 is 2.70 bits per heavy atom. The molecule has 0 saturated carbocycles. The zero-order chi connectivity index (χ0) is 21.3. The average Bonchev–Trinajstić information content (AvgIpc) is 3.26. The van der Waals surface area contributed by atoms with Gasteiger partial charge in [-0.1, -0.05) is 12.1 Å². The Bertz CT molecular complexity index is 1210. The van der Waals surface area contributed by atoms with Crippen molar-refractivity contribution >= 4 is 28.0 Å². The molecule has 1 amide bonds. The molecule has 10 heteroatoms. The van der Waals surface area contributed by atoms with E-state index in [1.54, 1.807) is 18.2 Å². The highest BCUT2D eigenvalue weighted by atomic mass is 19.4. The van der Waals surface area contributed by atoms with Gasteiger partial charge in [0.25, 0.3) is 0 Å². The molecule has 0 spiro atoms. The first-order valence-electron chi connectivity index (χ1n) is 9.24. The summed E-state index contributed by atoms with van der Waals surface area (Å²) in [6, 6.07) is 10.4. The quantitative estimate of drug-likeness (QED) is 0.369. The number of rotatable bonds is 6. The van der Waals surface area contributed by atoms with Crippen molar-refractivity contribution in [3.63, 3.8) is 0 Å². The van der Waals surface area contributed by atoms with Crippen LogP contribution in [0.15, 0.2) is 42.5 Å². The van der Waals surface area contributed by atoms with E-state index in [0.29, 0.717) is 29.7 Å². The average molecular weight is 419 g/mol. The summed E-state index contributed by atoms with van der Waals surface area (Å²) in [5, 5.41) is 2.62. The molecule has 0 aliphatic heterocycles. The van der Waals surface area contributed by atoms with Gasteiger partial charge in [0.15, 0.2) is 0 Å². The Balaban J connectivity index is 1.37. The van der Waals surface area contributed by atoms with Crippen molar-refractivity contribution in [3.05, 3.63) is 59.9 Å². The van der Waals surface area contributed by atoms with Crippen LogP contribution in [0.3, 0.4) is 0 Å². The van der Waals surface area contributed by atoms with E-state index in [0.717, 1.165) is 4.57 Å². The third-order valence-corrected chi connectivity index (χ3v) is 4.62. The fourth-order valence-corrected chi connectivity index (χ4v) is 3.29. The molecule has 30 heavy (non-hydrogen) atoms. The molecule has 4 rings (SSSR count). The lowest BCUT2D eigenvalue weighted by molar-refractivity contribution is -0.147. The monoisotopic (exact) mass is 419 g/mol. The van der Waals surface area contributed by atoms with E-state index in [4.69, 9.17) is 0 Å². The minimum Gasteiger partial charge on any atom is -0.355 e. The fourth-order valence-electron chi connectivity index (χ4n) is 3.29. The van der Waals surface area contributed by atoms with Crippen LogP contribution in [0.25, 0.3) is 22.1 Å². The number of aromatic nitrogens is 4. The number of imidazole rings is 2. The van der Waals surface area contributed by atoms with Crippen LogP contribution in [0.1, 0.15) is 18.1 Å². The third kappa shape index (κ3) is 4.12. The first-order chi connectivity index (χ1) is 14.3. The Labute approximate surface area is 167 Å². The maximum Gasteiger partial charge on any atom is 0.449 e. The Morgan fingerprint density at radius 1 is 1.10 bits per heavy atom. The Kier molecular flexibility index (Phi) is 5.15. The molecule has 0 aliphatic carbocycles. The smallest absolute Gasteiger partial charge is 0.355 e. The number of carbonyl (C=O) groups is 1. The highest BCUT2D eigenvalue weighted by Crippen LogP contribution is 2.31. The van der Waals surface area contributed by atoms with Crippen LogP contribution in [0, 0.1) is 5.82 Å². The summed E-state index contributed by atoms with van der Waals surface area (Å²) in [7, 11) is 0. The molecular formula is C20H17F4N5O. The van der Waals surface area contributed by atoms with Gasteiger partial charge >= 0.3 is 6.18 Å². The van der Waals surface area contributed by atoms with E-state index in [9.17, 15) is 22.4 Å². The van der Waals surface area contributed by atoms with E-state index in [-0.39, 0.29) is 23.4 Å². The maximum absolute atomic E-state index is 13.3. The van der Waals surface area contributed by atoms with Gasteiger partial charge in [0.1, 0.15) is 18.2 Å². The molecule has 156 valence electrons. The second kappa shape index (κ2) is 7.77. The molecule has 0 aliphatic rings. The van der Waals surface area contributed by atoms with Crippen LogP contribution in [-0.4, -0.2) is 32.0 Å². The number of nitrogens with one attached hydrogen (secondary N) is 2. The number of carbonyl (C=O) groups excluding carboxylic acids is 1. The van der Waals surface area contributed by atoms with E-state index >= 15 is 0 Å². The number of aryl methyl sites for hydroxylation is 1. The summed E-state index contributed by atoms with van der Waals surface area (Å²) in [6.07, 6.45) is -3.65. The van der Waals surface area contributed by atoms with Crippen molar-refractivity contribution in [1.29, 1.82) is 0 Å². The van der Waals surface area contributed by atoms with Crippen molar-refractivity contribution < 1.29 is 22.4 Å². The number of hydrogen-bond acceptors (Lipinski definition) is 3. The molecule has 0 saturated heterocycles. The molecule has 0 bridgehead atoms. The SMILES string of the molecule is O=C(Cn1c(C(F)(F)F)nc2ccccc21)NCCCc1nc2ccc(F)cc2[nH]1. The predicted molar refractivity (Wildman–Crippen MR) is 102 cm³/mol. The van der Waals surface area contributed by atoms with Gasteiger partial charge in [-0.25, -0.2) is 14.4 Å². The largest absolute Gasteiger partial charge is 0.449 e. The van der Waals surface area contributed by atoms with Crippen molar-refractivity contribution in [2.45, 2.75) is 25.6 Å². The summed E-state index contributed by atoms with van der Waals surface area (Å²) < 4.78 is 54.0. The van der Waals surface area contributed by atoms with Gasteiger partial charge in [0.05, 0.1) is 22.1 Å². The van der Waals surface area contributed by atoms with Gasteiger partial charge in [0, 0.05) is 13.0 Å². The zero-order valence-electron chi connectivity index (χ0n) is 15.6. The van der Waals surface area contributed by atoms with Crippen molar-refractivity contribution in [2.24, 2.45) is 0 Å². The highest BCUT2D eigenvalue weighted by molar-refractivity contribution is 5.81. The van der Waals surface area contributed by atoms with Crippen LogP contribution in [0.4, 0.5) is 17.6 Å². The van der Waals surface area contributed by atoms with Gasteiger partial charge < -0.3 is 14.9 Å². The lowest BCUT2D eigenvalue weighted by Crippen LogP contribution is -2.30. The normalized spacial score (nSPS) is 12.0. The number of alkyl halides is 3. The standard InChI is InChI=1S/C20H17F4N5O/c21-12-7-8-13-15(10-12)27-17(26-13)6-3-9-25-18(30)11-29-16-5-2-1-4-14(16)28-19(29)20(22,23)24/h1-2,4-5,7-8,10H,3,6,9,11H2,(H,25,30)(H,26,27). The molecule has 6 nitrogen and oxygen atoms in total. The van der Waals surface area contributed by atoms with E-state index in [1.165, 1.54) is 24.3 Å². The second-order valence-corrected chi connectivity index (χ2v) is 6.81. The molecule has 0 atom stereocenters. The van der Waals surface area contributed by atoms with E-state index in [1.807, 2.05) is 0 Å². The van der Waals surface area contributed by atoms with Gasteiger partial charge in [0.2, 0.25) is 11.7 Å². The van der Waals surface area contributed by atoms with Crippen LogP contribution in [0.5, 0.6) is 0 Å². The van der Waals surface area contributed by atoms with Gasteiger partial charge in [-0.2, -0.15) is 13.2 Å². The van der Waals surface area contributed by atoms with E-state index in [2.05, 4.69) is 20.3 Å². The Morgan fingerprint density at radius 2 is 1.90 bits per heavy atom. The lowest BCUT2D eigenvalue weighted by atomic mass is 10.3. The molecule has 0 fully saturated rings. The summed E-state index contributed by atoms with van der Waals surface area (Å²) in [5.74, 6) is -1.37. The van der Waals surface area contributed by atoms with Crippen LogP contribution >= 0.6 is 0 Å². The number of halogens is 4. The van der Waals surface area contributed by atoms with Crippen molar-refractivity contribution in [3.8, 4) is 0 Å². The van der Waals surface area contributed by atoms with Crippen LogP contribution < -0.4 is 5.32 Å². The minimum atomic E-state index is -4.67. The molecule has 2 heterocycles. The second-order valence-electron chi connectivity index (χ2n) is 6.81. The number of para-hydroxylation sites is 2. The van der Waals surface area contributed by atoms with Gasteiger partial charge in [-0.3, -0.25) is 4.79 Å². The fraction of sp³-hybridized carbons (Fsp3) is 0.250. The first-order valence-corrected chi connectivity index (χ1v) is 9.24. The number of aromatic amines is 1. The minimum absolute atomic E-state index is 0.180. The number of benzene rings is 2. The van der Waals surface area contributed by atoms with Gasteiger partial charge in [-0.15, -0.1) is 0 Å². The zero-order valence-corrected chi connectivity index (χ0v) is 15.6. The third-order valence-electron chi connectivity index (χ3n) is 4.62. The highest BCUT2D eigenvalue weighted by Gasteiger charge is 2.37. The molecule has 2 aromatic heterocycles. The number of nitrogens with zero attached hydrogens (tertiary/aromatic N) is 3. The number of amides is 1. The summed E-state index contributed by atoms with van der Waals surface area (Å²) in [6.45, 7) is -0.225. The van der Waals surface area contributed by atoms with Crippen LogP contribution in [0.2, 0.25) is 0 Å². The molecule has 2 aromatic carbocycles. The Hall–Kier alpha value is -3.43. The van der Waals surface area contributed by atoms with E-state index < -0.39 is 24.5 Å². The van der Waals surface area contributed by atoms with Crippen molar-refractivity contribution in [2.75, 3.05) is 6.54 Å². The predicted octanol–water partition coefficient (Wildman–Crippen LogP) is 3.82. The summed E-state index contributed by atoms with van der Waals surface area (Å²) >= 11 is 0. The molecule has 4 aromatic rings. The number of H-pyrrole nitrogens is 1. The molecule has 2 N–H and O–H groups in total. The maximum atomic E-state index is 13.3. The van der Waals surface area contributed by atoms with Crippen LogP contribution in [-0.2, 0) is 23.9 Å². The molecule has 0 radical (unpaired) electrons. The topological polar surface area (TPSA) is 75.6 Å². The first kappa shape index (κ1) is 19.9. The number of fused-ring (bicyclic) bond motifs is 2. The summed E-state index contributed by atoms with van der Waals surface area (Å²) in [4.78, 5) is 23.2.